The number of allylic oxidation sites excluding steroid dienone is 2. The second-order valence-corrected chi connectivity index (χ2v) is 8.71. The Labute approximate surface area is 227 Å². The second-order valence-electron chi connectivity index (χ2n) is 8.71. The molecule has 1 aliphatic rings. The number of nitrogens with zero attached hydrogens (tertiary/aromatic N) is 3. The zero-order chi connectivity index (χ0) is 25.7. The normalized spacial score (nSPS) is 18.1. The van der Waals surface area contributed by atoms with Gasteiger partial charge in [-0.2, -0.15) is 5.10 Å². The number of likely N-dealkylation sites (N-methyl/N-ethyl adjacent to an activating group) is 1. The first-order valence-corrected chi connectivity index (χ1v) is 11.8. The van der Waals surface area contributed by atoms with Crippen LogP contribution in [-0.2, 0) is 28.6 Å². The summed E-state index contributed by atoms with van der Waals surface area (Å²) in [5.41, 5.74) is 4.24. The van der Waals surface area contributed by atoms with Crippen molar-refractivity contribution < 1.29 is 35.7 Å². The smallest absolute Gasteiger partial charge is 0.238 e. The number of benzene rings is 3. The molecule has 195 valence electrons. The summed E-state index contributed by atoms with van der Waals surface area (Å²) in [4.78, 5) is 2.22. The summed E-state index contributed by atoms with van der Waals surface area (Å²) < 4.78 is 24.8. The molecule has 3 aromatic carbocycles. The van der Waals surface area contributed by atoms with Gasteiger partial charge in [0, 0.05) is 45.7 Å². The van der Waals surface area contributed by atoms with E-state index in [4.69, 9.17) is 9.47 Å². The molecule has 0 saturated heterocycles. The Bertz CT molecular complexity index is 1330. The number of aliphatic hydroxyl groups is 1. The van der Waals surface area contributed by atoms with E-state index in [2.05, 4.69) is 41.1 Å². The second kappa shape index (κ2) is 12.1. The number of aliphatic hydroxyl groups excluding tert-OH is 1. The van der Waals surface area contributed by atoms with E-state index < -0.39 is 11.2 Å². The Kier molecular flexibility index (Phi) is 9.12. The van der Waals surface area contributed by atoms with Gasteiger partial charge in [0.05, 0.1) is 20.4 Å². The van der Waals surface area contributed by atoms with Crippen LogP contribution in [0.25, 0.3) is 0 Å². The molecule has 1 aliphatic heterocycles. The summed E-state index contributed by atoms with van der Waals surface area (Å²) in [6.07, 6.45) is 4.10. The molecule has 37 heavy (non-hydrogen) atoms. The van der Waals surface area contributed by atoms with Gasteiger partial charge in [-0.1, -0.05) is 24.3 Å². The number of anilines is 1. The fourth-order valence-electron chi connectivity index (χ4n) is 4.74. The molecule has 0 amide bonds. The average molecular weight is 547 g/mol. The van der Waals surface area contributed by atoms with Crippen LogP contribution < -0.4 is 14.4 Å². The van der Waals surface area contributed by atoms with Gasteiger partial charge in [-0.3, -0.25) is 0 Å². The Hall–Kier alpha value is -3.62. The quantitative estimate of drug-likeness (QED) is 0.212. The maximum absolute atomic E-state index is 14.1. The van der Waals surface area contributed by atoms with Crippen LogP contribution in [0.3, 0.4) is 0 Å². The van der Waals surface area contributed by atoms with Crippen LogP contribution in [-0.4, -0.2) is 38.0 Å². The summed E-state index contributed by atoms with van der Waals surface area (Å²) in [6.45, 7) is 4.98. The van der Waals surface area contributed by atoms with E-state index in [1.54, 1.807) is 37.6 Å². The van der Waals surface area contributed by atoms with Gasteiger partial charge < -0.3 is 19.5 Å². The molecule has 1 radical (unpaired) electrons. The van der Waals surface area contributed by atoms with Crippen molar-refractivity contribution in [3.8, 4) is 11.5 Å². The Morgan fingerprint density at radius 3 is 2.49 bits per heavy atom. The van der Waals surface area contributed by atoms with Gasteiger partial charge in [0.2, 0.25) is 5.90 Å². The Morgan fingerprint density at radius 2 is 1.81 bits per heavy atom. The largest absolute Gasteiger partial charge is 0.497 e. The molecular formula is C29H30CoFN3O3. The molecule has 1 heterocycles. The van der Waals surface area contributed by atoms with Crippen molar-refractivity contribution in [2.45, 2.75) is 25.7 Å². The van der Waals surface area contributed by atoms with E-state index in [0.29, 0.717) is 12.0 Å². The monoisotopic (exact) mass is 546 g/mol. The molecule has 1 atom stereocenters. The molecule has 3 aromatic rings. The Morgan fingerprint density at radius 1 is 1.05 bits per heavy atom. The Balaban J connectivity index is 0.00000380. The molecule has 0 saturated carbocycles. The molecule has 8 heteroatoms. The summed E-state index contributed by atoms with van der Waals surface area (Å²) in [5.74, 6) is 0.428. The van der Waals surface area contributed by atoms with Gasteiger partial charge in [0.25, 0.3) is 0 Å². The van der Waals surface area contributed by atoms with Gasteiger partial charge in [0.1, 0.15) is 5.75 Å². The molecule has 0 aliphatic carbocycles. The van der Waals surface area contributed by atoms with Gasteiger partial charge in [-0.15, -0.1) is 5.10 Å². The van der Waals surface area contributed by atoms with Gasteiger partial charge in [0.15, 0.2) is 11.6 Å². The van der Waals surface area contributed by atoms with Crippen LogP contribution in [0.5, 0.6) is 11.5 Å². The average Bonchev–Trinajstić information content (AvgIpc) is 3.14. The van der Waals surface area contributed by atoms with Crippen LogP contribution in [0.2, 0.25) is 0 Å². The summed E-state index contributed by atoms with van der Waals surface area (Å²) in [7, 11) is 3.11. The van der Waals surface area contributed by atoms with Crippen molar-refractivity contribution in [2.75, 3.05) is 25.7 Å². The number of halogens is 1. The van der Waals surface area contributed by atoms with Gasteiger partial charge in [-0.25, -0.2) is 4.39 Å². The SMILES string of the molecule is CCN1\C(=C/C=N/N=C(\O)c2ccccc2)C(C)(Cc2ccc(F)c(OC)c2)c2cc(OC)ccc21.[Co]. The van der Waals surface area contributed by atoms with Crippen molar-refractivity contribution in [3.63, 3.8) is 0 Å². The van der Waals surface area contributed by atoms with Crippen LogP contribution >= 0.6 is 0 Å². The first-order valence-electron chi connectivity index (χ1n) is 11.8. The number of fused-ring (bicyclic) bond motifs is 1. The zero-order valence-corrected chi connectivity index (χ0v) is 22.3. The summed E-state index contributed by atoms with van der Waals surface area (Å²) in [6, 6.07) is 20.1. The zero-order valence-electron chi connectivity index (χ0n) is 21.2. The van der Waals surface area contributed by atoms with Crippen LogP contribution in [0.4, 0.5) is 10.1 Å². The molecular weight excluding hydrogens is 516 g/mol. The number of rotatable bonds is 8. The van der Waals surface area contributed by atoms with E-state index in [1.807, 2.05) is 30.3 Å². The van der Waals surface area contributed by atoms with Crippen molar-refractivity contribution in [1.82, 2.24) is 0 Å². The van der Waals surface area contributed by atoms with Crippen LogP contribution in [0, 0.1) is 5.82 Å². The van der Waals surface area contributed by atoms with E-state index in [1.165, 1.54) is 13.2 Å². The van der Waals surface area contributed by atoms with E-state index >= 15 is 0 Å². The standard InChI is InChI=1S/C29H30FN3O3.Co/c1-5-33-25-14-12-22(35-3)18-23(25)29(2,19-20-11-13-24(30)26(17-20)36-4)27(33)15-16-31-32-28(34)21-9-7-6-8-10-21;/h6-18H,5,19H2,1-4H3,(H,32,34);/b27-15-,31-16+;. The summed E-state index contributed by atoms with van der Waals surface area (Å²) in [5, 5.41) is 18.3. The predicted molar refractivity (Wildman–Crippen MR) is 142 cm³/mol. The molecule has 4 rings (SSSR count). The van der Waals surface area contributed by atoms with Gasteiger partial charge in [-0.05, 0) is 79.9 Å². The van der Waals surface area contributed by atoms with E-state index in [9.17, 15) is 9.50 Å². The minimum Gasteiger partial charge on any atom is -0.497 e. The molecule has 0 aromatic heterocycles. The maximum Gasteiger partial charge on any atom is 0.238 e. The maximum atomic E-state index is 14.1. The minimum absolute atomic E-state index is 0. The van der Waals surface area contributed by atoms with Crippen LogP contribution in [0.15, 0.2) is 88.7 Å². The fourth-order valence-corrected chi connectivity index (χ4v) is 4.74. The topological polar surface area (TPSA) is 66.7 Å². The first kappa shape index (κ1) is 28.0. The summed E-state index contributed by atoms with van der Waals surface area (Å²) >= 11 is 0. The molecule has 0 bridgehead atoms. The van der Waals surface area contributed by atoms with E-state index in [-0.39, 0.29) is 28.4 Å². The molecule has 0 fully saturated rings. The third kappa shape index (κ3) is 5.70. The number of hydrogen-bond donors (Lipinski definition) is 1. The minimum atomic E-state index is -0.472. The molecule has 6 nitrogen and oxygen atoms in total. The molecule has 1 N–H and O–H groups in total. The number of ether oxygens (including phenoxy) is 2. The number of methoxy groups -OCH3 is 2. The molecule has 1 unspecified atom stereocenters. The first-order chi connectivity index (χ1) is 17.4. The van der Waals surface area contributed by atoms with E-state index in [0.717, 1.165) is 34.8 Å². The van der Waals surface area contributed by atoms with Crippen molar-refractivity contribution in [2.24, 2.45) is 10.2 Å². The fraction of sp³-hybridized carbons (Fsp3) is 0.241. The van der Waals surface area contributed by atoms with Crippen molar-refractivity contribution >= 4 is 17.8 Å². The predicted octanol–water partition coefficient (Wildman–Crippen LogP) is 6.06. The van der Waals surface area contributed by atoms with Crippen LogP contribution in [0.1, 0.15) is 30.5 Å². The third-order valence-electron chi connectivity index (χ3n) is 6.52. The third-order valence-corrected chi connectivity index (χ3v) is 6.52. The van der Waals surface area contributed by atoms with Gasteiger partial charge >= 0.3 is 0 Å². The number of hydrogen-bond acceptors (Lipinski definition) is 5. The van der Waals surface area contributed by atoms with Crippen molar-refractivity contribution in [1.29, 1.82) is 0 Å². The molecule has 0 spiro atoms. The van der Waals surface area contributed by atoms with Crippen molar-refractivity contribution in [3.05, 3.63) is 101 Å².